The zero-order chi connectivity index (χ0) is 27.0. The van der Waals surface area contributed by atoms with Crippen LogP contribution in [0.2, 0.25) is 0 Å². The summed E-state index contributed by atoms with van der Waals surface area (Å²) in [5.74, 6) is 0.571. The summed E-state index contributed by atoms with van der Waals surface area (Å²) in [5.41, 5.74) is 5.32. The number of nitrogens with zero attached hydrogens (tertiary/aromatic N) is 1. The third-order valence-electron chi connectivity index (χ3n) is 7.01. The molecule has 0 aromatic heterocycles. The highest BCUT2D eigenvalue weighted by atomic mass is 16.6. The number of aryl methyl sites for hydroxylation is 2. The van der Waals surface area contributed by atoms with Crippen molar-refractivity contribution in [3.63, 3.8) is 0 Å². The van der Waals surface area contributed by atoms with Crippen LogP contribution < -0.4 is 5.32 Å². The maximum Gasteiger partial charge on any atom is 0.407 e. The van der Waals surface area contributed by atoms with Gasteiger partial charge >= 0.3 is 6.09 Å². The van der Waals surface area contributed by atoms with E-state index in [-0.39, 0.29) is 12.0 Å². The number of likely N-dealkylation sites (tertiary alicyclic amines) is 1. The summed E-state index contributed by atoms with van der Waals surface area (Å²) in [6.45, 7) is 7.65. The summed E-state index contributed by atoms with van der Waals surface area (Å²) in [4.78, 5) is 27.2. The van der Waals surface area contributed by atoms with Gasteiger partial charge in [0, 0.05) is 25.2 Å². The Balaban J connectivity index is 1.27. The van der Waals surface area contributed by atoms with Crippen LogP contribution in [0.4, 0.5) is 4.79 Å². The van der Waals surface area contributed by atoms with Gasteiger partial charge in [-0.05, 0) is 93.2 Å². The minimum atomic E-state index is -0.495. The molecule has 1 saturated heterocycles. The Morgan fingerprint density at radius 3 is 2.16 bits per heavy atom. The first-order valence-corrected chi connectivity index (χ1v) is 13.7. The standard InChI is InChI=1S/C33H40N2O3/c1-33(2,3)38-32(37)34-20-17-27-12-7-13-29(23-27)28-18-21-35(22-19-28)31(36)30-14-8-11-26(24-30)16-15-25-9-5-4-6-10-25/h4-14,23-24,28H,15-22H2,1-3H3,(H,34,37). The van der Waals surface area contributed by atoms with Crippen LogP contribution in [0.3, 0.4) is 0 Å². The Morgan fingerprint density at radius 1 is 0.816 bits per heavy atom. The van der Waals surface area contributed by atoms with E-state index in [0.717, 1.165) is 50.8 Å². The van der Waals surface area contributed by atoms with E-state index < -0.39 is 5.60 Å². The molecule has 1 N–H and O–H groups in total. The van der Waals surface area contributed by atoms with Crippen molar-refractivity contribution in [3.8, 4) is 0 Å². The van der Waals surface area contributed by atoms with Crippen molar-refractivity contribution in [2.75, 3.05) is 19.6 Å². The van der Waals surface area contributed by atoms with Crippen LogP contribution in [0.5, 0.6) is 0 Å². The summed E-state index contributed by atoms with van der Waals surface area (Å²) >= 11 is 0. The largest absolute Gasteiger partial charge is 0.444 e. The minimum Gasteiger partial charge on any atom is -0.444 e. The third-order valence-corrected chi connectivity index (χ3v) is 7.01. The van der Waals surface area contributed by atoms with Gasteiger partial charge < -0.3 is 15.0 Å². The molecule has 0 saturated carbocycles. The fourth-order valence-corrected chi connectivity index (χ4v) is 5.02. The summed E-state index contributed by atoms with van der Waals surface area (Å²) in [5, 5.41) is 2.84. The van der Waals surface area contributed by atoms with Gasteiger partial charge in [0.1, 0.15) is 5.60 Å². The number of piperidine rings is 1. The van der Waals surface area contributed by atoms with Gasteiger partial charge in [-0.2, -0.15) is 0 Å². The van der Waals surface area contributed by atoms with E-state index in [1.807, 2.05) is 43.9 Å². The molecule has 1 heterocycles. The molecule has 1 aliphatic rings. The number of hydrogen-bond acceptors (Lipinski definition) is 3. The Bertz CT molecular complexity index is 1210. The van der Waals surface area contributed by atoms with Gasteiger partial charge in [0.25, 0.3) is 5.91 Å². The van der Waals surface area contributed by atoms with Crippen LogP contribution >= 0.6 is 0 Å². The zero-order valence-corrected chi connectivity index (χ0v) is 22.9. The quantitative estimate of drug-likeness (QED) is 0.372. The van der Waals surface area contributed by atoms with Gasteiger partial charge in [0.05, 0.1) is 0 Å². The van der Waals surface area contributed by atoms with E-state index in [0.29, 0.717) is 12.5 Å². The second-order valence-corrected chi connectivity index (χ2v) is 11.2. The number of alkyl carbamates (subject to hydrolysis) is 1. The molecular weight excluding hydrogens is 472 g/mol. The number of nitrogens with one attached hydrogen (secondary N) is 1. The first kappa shape index (κ1) is 27.4. The molecule has 1 aliphatic heterocycles. The number of ether oxygens (including phenoxy) is 1. The normalized spacial score (nSPS) is 14.2. The van der Waals surface area contributed by atoms with Gasteiger partial charge in [-0.15, -0.1) is 0 Å². The highest BCUT2D eigenvalue weighted by molar-refractivity contribution is 5.94. The summed E-state index contributed by atoms with van der Waals surface area (Å²) in [6, 6.07) is 27.2. The molecule has 3 aromatic rings. The van der Waals surface area contributed by atoms with Crippen LogP contribution in [0.15, 0.2) is 78.9 Å². The second-order valence-electron chi connectivity index (χ2n) is 11.2. The molecule has 0 radical (unpaired) electrons. The average molecular weight is 513 g/mol. The average Bonchev–Trinajstić information content (AvgIpc) is 2.91. The van der Waals surface area contributed by atoms with Crippen molar-refractivity contribution >= 4 is 12.0 Å². The number of rotatable bonds is 8. The van der Waals surface area contributed by atoms with Crippen LogP contribution in [0.25, 0.3) is 0 Å². The van der Waals surface area contributed by atoms with Gasteiger partial charge in [-0.3, -0.25) is 4.79 Å². The van der Waals surface area contributed by atoms with Crippen molar-refractivity contribution in [2.45, 2.75) is 64.4 Å². The zero-order valence-electron chi connectivity index (χ0n) is 22.9. The Kier molecular flexibility index (Phi) is 9.22. The Hall–Kier alpha value is -3.60. The number of carbonyl (C=O) groups excluding carboxylic acids is 2. The summed E-state index contributed by atoms with van der Waals surface area (Å²) < 4.78 is 5.31. The highest BCUT2D eigenvalue weighted by Crippen LogP contribution is 2.29. The fraction of sp³-hybridized carbons (Fsp3) is 0.394. The molecule has 0 aliphatic carbocycles. The lowest BCUT2D eigenvalue weighted by Gasteiger charge is -2.32. The van der Waals surface area contributed by atoms with Crippen LogP contribution in [0, 0.1) is 0 Å². The smallest absolute Gasteiger partial charge is 0.407 e. The molecule has 38 heavy (non-hydrogen) atoms. The molecule has 1 fully saturated rings. The van der Waals surface area contributed by atoms with E-state index >= 15 is 0 Å². The molecule has 0 spiro atoms. The van der Waals surface area contributed by atoms with Gasteiger partial charge in [-0.25, -0.2) is 4.79 Å². The van der Waals surface area contributed by atoms with Crippen molar-refractivity contribution in [1.82, 2.24) is 10.2 Å². The van der Waals surface area contributed by atoms with Crippen molar-refractivity contribution in [3.05, 3.63) is 107 Å². The predicted molar refractivity (Wildman–Crippen MR) is 153 cm³/mol. The molecule has 5 heteroatoms. The first-order valence-electron chi connectivity index (χ1n) is 13.7. The SMILES string of the molecule is CC(C)(C)OC(=O)NCCc1cccc(C2CCN(C(=O)c3cccc(CCc4ccccc4)c3)CC2)c1. The number of carbonyl (C=O) groups is 2. The minimum absolute atomic E-state index is 0.131. The number of hydrogen-bond donors (Lipinski definition) is 1. The van der Waals surface area contributed by atoms with Crippen molar-refractivity contribution in [1.29, 1.82) is 0 Å². The predicted octanol–water partition coefficient (Wildman–Crippen LogP) is 6.56. The molecule has 5 nitrogen and oxygen atoms in total. The fourth-order valence-electron chi connectivity index (χ4n) is 5.02. The molecule has 0 bridgehead atoms. The molecule has 4 rings (SSSR count). The maximum absolute atomic E-state index is 13.3. The lowest BCUT2D eigenvalue weighted by atomic mass is 9.88. The Morgan fingerprint density at radius 2 is 1.45 bits per heavy atom. The van der Waals surface area contributed by atoms with Crippen LogP contribution in [-0.2, 0) is 24.0 Å². The molecule has 2 amide bonds. The number of amides is 2. The van der Waals surface area contributed by atoms with Crippen molar-refractivity contribution < 1.29 is 14.3 Å². The number of benzene rings is 3. The lowest BCUT2D eigenvalue weighted by Crippen LogP contribution is -2.38. The molecule has 0 atom stereocenters. The first-order chi connectivity index (χ1) is 18.3. The molecule has 3 aromatic carbocycles. The highest BCUT2D eigenvalue weighted by Gasteiger charge is 2.25. The maximum atomic E-state index is 13.3. The van der Waals surface area contributed by atoms with E-state index in [4.69, 9.17) is 4.74 Å². The summed E-state index contributed by atoms with van der Waals surface area (Å²) in [6.07, 6.45) is 4.19. The van der Waals surface area contributed by atoms with Gasteiger partial charge in [0.2, 0.25) is 0 Å². The van der Waals surface area contributed by atoms with E-state index in [1.54, 1.807) is 0 Å². The van der Waals surface area contributed by atoms with E-state index in [9.17, 15) is 9.59 Å². The van der Waals surface area contributed by atoms with Crippen LogP contribution in [-0.4, -0.2) is 42.1 Å². The van der Waals surface area contributed by atoms with Gasteiger partial charge in [-0.1, -0.05) is 66.7 Å². The lowest BCUT2D eigenvalue weighted by molar-refractivity contribution is 0.0528. The van der Waals surface area contributed by atoms with Crippen molar-refractivity contribution in [2.24, 2.45) is 0 Å². The monoisotopic (exact) mass is 512 g/mol. The van der Waals surface area contributed by atoms with E-state index in [1.165, 1.54) is 22.3 Å². The topological polar surface area (TPSA) is 58.6 Å². The molecule has 200 valence electrons. The second kappa shape index (κ2) is 12.8. The van der Waals surface area contributed by atoms with Crippen LogP contribution in [0.1, 0.15) is 72.1 Å². The van der Waals surface area contributed by atoms with E-state index in [2.05, 4.69) is 66.0 Å². The Labute approximate surface area is 227 Å². The summed E-state index contributed by atoms with van der Waals surface area (Å²) in [7, 11) is 0. The molecular formula is C33H40N2O3. The third kappa shape index (κ3) is 8.20. The van der Waals surface area contributed by atoms with Gasteiger partial charge in [0.15, 0.2) is 0 Å². The molecule has 0 unspecified atom stereocenters.